The minimum Gasteiger partial charge on any atom is -0.361 e. The first-order valence-electron chi connectivity index (χ1n) is 6.29. The van der Waals surface area contributed by atoms with Crippen LogP contribution in [0.25, 0.3) is 0 Å². The maximum atomic E-state index is 12.4. The molecule has 2 N–H and O–H groups in total. The van der Waals surface area contributed by atoms with Crippen molar-refractivity contribution in [3.05, 3.63) is 44.1 Å². The molecule has 0 saturated heterocycles. The molecule has 0 atom stereocenters. The molecule has 0 spiro atoms. The number of aromatic nitrogens is 2. The van der Waals surface area contributed by atoms with Crippen LogP contribution in [0.4, 0.5) is 11.4 Å². The first-order chi connectivity index (χ1) is 10.1. The van der Waals surface area contributed by atoms with Crippen LogP contribution < -0.4 is 16.6 Å². The molecule has 2 heterocycles. The Kier molecular flexibility index (Phi) is 3.79. The highest BCUT2D eigenvalue weighted by atomic mass is 35.5. The zero-order valence-corrected chi connectivity index (χ0v) is 12.7. The first-order valence-corrected chi connectivity index (χ1v) is 7.49. The monoisotopic (exact) mass is 325 g/mol. The molecule has 0 fully saturated rings. The van der Waals surface area contributed by atoms with Gasteiger partial charge in [-0.2, -0.15) is 0 Å². The Hall–Kier alpha value is -1.70. The highest BCUT2D eigenvalue weighted by Gasteiger charge is 2.21. The lowest BCUT2D eigenvalue weighted by Crippen LogP contribution is -2.38. The fraction of sp³-hybridized carbons (Fsp3) is 0.231. The van der Waals surface area contributed by atoms with Gasteiger partial charge in [-0.1, -0.05) is 23.4 Å². The fourth-order valence-electron chi connectivity index (χ4n) is 1.97. The van der Waals surface area contributed by atoms with E-state index in [9.17, 15) is 9.59 Å². The molecule has 0 bridgehead atoms. The normalized spacial score (nSPS) is 12.5. The SMILES string of the molecule is CCOCn1c(=O)[nH]c2c(c1=O)Nc1ccc(Cl)cc1S2. The Morgan fingerprint density at radius 1 is 1.38 bits per heavy atom. The van der Waals surface area contributed by atoms with E-state index in [0.29, 0.717) is 22.3 Å². The van der Waals surface area contributed by atoms with Crippen LogP contribution in [0.5, 0.6) is 0 Å². The number of nitrogens with one attached hydrogen (secondary N) is 2. The molecule has 3 rings (SSSR count). The number of hydrogen-bond acceptors (Lipinski definition) is 5. The van der Waals surface area contributed by atoms with Gasteiger partial charge in [0, 0.05) is 16.5 Å². The molecule has 21 heavy (non-hydrogen) atoms. The Labute approximate surface area is 129 Å². The van der Waals surface area contributed by atoms with Gasteiger partial charge in [-0.05, 0) is 25.1 Å². The van der Waals surface area contributed by atoms with Crippen molar-refractivity contribution >= 4 is 34.7 Å². The molecule has 1 aliphatic rings. The van der Waals surface area contributed by atoms with Crippen molar-refractivity contribution in [2.24, 2.45) is 0 Å². The van der Waals surface area contributed by atoms with E-state index in [1.54, 1.807) is 25.1 Å². The molecule has 1 aliphatic heterocycles. The maximum absolute atomic E-state index is 12.4. The quantitative estimate of drug-likeness (QED) is 0.723. The first kappa shape index (κ1) is 14.2. The van der Waals surface area contributed by atoms with E-state index in [1.165, 1.54) is 11.8 Å². The predicted octanol–water partition coefficient (Wildman–Crippen LogP) is 2.39. The van der Waals surface area contributed by atoms with Crippen LogP contribution in [0.1, 0.15) is 6.92 Å². The molecule has 2 aromatic rings. The lowest BCUT2D eigenvalue weighted by atomic mass is 10.3. The van der Waals surface area contributed by atoms with E-state index in [-0.39, 0.29) is 6.73 Å². The lowest BCUT2D eigenvalue weighted by molar-refractivity contribution is 0.0820. The molecule has 0 saturated carbocycles. The molecule has 1 aromatic carbocycles. The number of halogens is 1. The summed E-state index contributed by atoms with van der Waals surface area (Å²) in [5.74, 6) is 0. The fourth-order valence-corrected chi connectivity index (χ4v) is 3.22. The van der Waals surface area contributed by atoms with Gasteiger partial charge in [0.25, 0.3) is 5.56 Å². The number of anilines is 2. The Morgan fingerprint density at radius 2 is 2.19 bits per heavy atom. The highest BCUT2D eigenvalue weighted by molar-refractivity contribution is 7.99. The van der Waals surface area contributed by atoms with Gasteiger partial charge >= 0.3 is 5.69 Å². The van der Waals surface area contributed by atoms with Gasteiger partial charge < -0.3 is 10.1 Å². The van der Waals surface area contributed by atoms with E-state index in [1.807, 2.05) is 0 Å². The molecular weight excluding hydrogens is 314 g/mol. The largest absolute Gasteiger partial charge is 0.361 e. The number of nitrogens with zero attached hydrogens (tertiary/aromatic N) is 1. The van der Waals surface area contributed by atoms with Crippen LogP contribution in [0, 0.1) is 0 Å². The van der Waals surface area contributed by atoms with Crippen LogP contribution in [-0.4, -0.2) is 16.2 Å². The Bertz CT molecular complexity index is 815. The molecule has 0 aliphatic carbocycles. The van der Waals surface area contributed by atoms with Gasteiger partial charge in [0.05, 0.1) is 5.69 Å². The van der Waals surface area contributed by atoms with Crippen LogP contribution >= 0.6 is 23.4 Å². The number of fused-ring (bicyclic) bond motifs is 2. The molecule has 1 aromatic heterocycles. The number of aromatic amines is 1. The van der Waals surface area contributed by atoms with Crippen molar-refractivity contribution < 1.29 is 4.74 Å². The van der Waals surface area contributed by atoms with E-state index < -0.39 is 11.2 Å². The van der Waals surface area contributed by atoms with Crippen molar-refractivity contribution in [3.8, 4) is 0 Å². The number of H-pyrrole nitrogens is 1. The van der Waals surface area contributed by atoms with E-state index in [0.717, 1.165) is 15.1 Å². The molecule has 6 nitrogen and oxygen atoms in total. The topological polar surface area (TPSA) is 76.1 Å². The summed E-state index contributed by atoms with van der Waals surface area (Å²) in [6.07, 6.45) is 0. The number of hydrogen-bond donors (Lipinski definition) is 2. The maximum Gasteiger partial charge on any atom is 0.331 e. The zero-order valence-electron chi connectivity index (χ0n) is 11.1. The second-order valence-electron chi connectivity index (χ2n) is 4.36. The number of benzene rings is 1. The molecule has 8 heteroatoms. The smallest absolute Gasteiger partial charge is 0.331 e. The third kappa shape index (κ3) is 2.59. The summed E-state index contributed by atoms with van der Waals surface area (Å²) in [5, 5.41) is 4.12. The van der Waals surface area contributed by atoms with Crippen LogP contribution in [-0.2, 0) is 11.5 Å². The third-order valence-electron chi connectivity index (χ3n) is 2.99. The summed E-state index contributed by atoms with van der Waals surface area (Å²) in [7, 11) is 0. The summed E-state index contributed by atoms with van der Waals surface area (Å²) >= 11 is 7.25. The summed E-state index contributed by atoms with van der Waals surface area (Å²) in [5.41, 5.74) is 0.223. The number of ether oxygens (including phenoxy) is 1. The highest BCUT2D eigenvalue weighted by Crippen LogP contribution is 2.41. The van der Waals surface area contributed by atoms with Crippen molar-refractivity contribution in [2.45, 2.75) is 23.6 Å². The van der Waals surface area contributed by atoms with E-state index in [4.69, 9.17) is 16.3 Å². The second-order valence-corrected chi connectivity index (χ2v) is 5.85. The van der Waals surface area contributed by atoms with Crippen LogP contribution in [0.2, 0.25) is 5.02 Å². The molecule has 0 unspecified atom stereocenters. The lowest BCUT2D eigenvalue weighted by Gasteiger charge is -2.20. The summed E-state index contributed by atoms with van der Waals surface area (Å²) in [4.78, 5) is 27.9. The molecule has 110 valence electrons. The summed E-state index contributed by atoms with van der Waals surface area (Å²) in [6.45, 7) is 2.15. The van der Waals surface area contributed by atoms with Gasteiger partial charge in [-0.15, -0.1) is 0 Å². The molecule has 0 radical (unpaired) electrons. The minimum atomic E-state index is -0.494. The van der Waals surface area contributed by atoms with Crippen molar-refractivity contribution in [3.63, 3.8) is 0 Å². The standard InChI is InChI=1S/C13H12ClN3O3S/c1-2-20-6-17-12(18)10-11(16-13(17)19)21-9-5-7(14)3-4-8(9)15-10/h3-5,15H,2,6H2,1H3,(H,16,19). The van der Waals surface area contributed by atoms with Crippen molar-refractivity contribution in [1.29, 1.82) is 0 Å². The summed E-state index contributed by atoms with van der Waals surface area (Å²) in [6, 6.07) is 5.32. The molecular formula is C13H12ClN3O3S. The molecule has 0 amide bonds. The van der Waals surface area contributed by atoms with Gasteiger partial charge in [-0.3, -0.25) is 9.78 Å². The van der Waals surface area contributed by atoms with Crippen LogP contribution in [0.3, 0.4) is 0 Å². The number of rotatable bonds is 3. The summed E-state index contributed by atoms with van der Waals surface area (Å²) < 4.78 is 6.17. The third-order valence-corrected chi connectivity index (χ3v) is 4.29. The van der Waals surface area contributed by atoms with Gasteiger partial charge in [0.15, 0.2) is 0 Å². The van der Waals surface area contributed by atoms with Gasteiger partial charge in [-0.25, -0.2) is 9.36 Å². The van der Waals surface area contributed by atoms with E-state index >= 15 is 0 Å². The predicted molar refractivity (Wildman–Crippen MR) is 81.8 cm³/mol. The van der Waals surface area contributed by atoms with Crippen molar-refractivity contribution in [1.82, 2.24) is 9.55 Å². The minimum absolute atomic E-state index is 0.0717. The average molecular weight is 326 g/mol. The Balaban J connectivity index is 2.08. The van der Waals surface area contributed by atoms with E-state index in [2.05, 4.69) is 10.3 Å². The second kappa shape index (κ2) is 5.59. The Morgan fingerprint density at radius 3 is 2.95 bits per heavy atom. The van der Waals surface area contributed by atoms with Gasteiger partial charge in [0.2, 0.25) is 0 Å². The van der Waals surface area contributed by atoms with Crippen LogP contribution in [0.15, 0.2) is 37.7 Å². The average Bonchev–Trinajstić information content (AvgIpc) is 2.45. The zero-order chi connectivity index (χ0) is 15.0. The van der Waals surface area contributed by atoms with Crippen molar-refractivity contribution in [2.75, 3.05) is 11.9 Å². The van der Waals surface area contributed by atoms with Gasteiger partial charge in [0.1, 0.15) is 17.4 Å².